The Kier molecular flexibility index (Phi) is 3.39. The average molecular weight is 192 g/mol. The van der Waals surface area contributed by atoms with E-state index < -0.39 is 0 Å². The van der Waals surface area contributed by atoms with Crippen LogP contribution in [0.15, 0.2) is 0 Å². The van der Waals surface area contributed by atoms with E-state index in [0.29, 0.717) is 12.4 Å². The van der Waals surface area contributed by atoms with Crippen LogP contribution in [0, 0.1) is 0 Å². The maximum absolute atomic E-state index is 5.22. The largest absolute Gasteiger partial charge is 0.378 e. The molecule has 7 heteroatoms. The predicted octanol–water partition coefficient (Wildman–Crippen LogP) is -0.718. The van der Waals surface area contributed by atoms with Crippen LogP contribution in [-0.2, 0) is 4.74 Å². The molecule has 0 unspecified atom stereocenters. The lowest BCUT2D eigenvalue weighted by Gasteiger charge is -2.20. The smallest absolute Gasteiger partial charge is 0.193 e. The molecule has 12 heavy (non-hydrogen) atoms. The van der Waals surface area contributed by atoms with E-state index >= 15 is 0 Å². The molecule has 1 aliphatic heterocycles. The van der Waals surface area contributed by atoms with Gasteiger partial charge in [-0.3, -0.25) is 0 Å². The third-order valence-corrected chi connectivity index (χ3v) is 1.60. The van der Waals surface area contributed by atoms with Crippen LogP contribution in [0.5, 0.6) is 0 Å². The molecule has 0 aliphatic carbocycles. The van der Waals surface area contributed by atoms with Gasteiger partial charge in [-0.05, 0) is 0 Å². The van der Waals surface area contributed by atoms with Gasteiger partial charge in [-0.2, -0.15) is 5.21 Å². The fraction of sp³-hybridized carbons (Fsp3) is 0.800. The van der Waals surface area contributed by atoms with Crippen LogP contribution in [-0.4, -0.2) is 40.4 Å². The van der Waals surface area contributed by atoms with E-state index in [1.807, 2.05) is 0 Å². The van der Waals surface area contributed by atoms with Crippen molar-refractivity contribution in [1.82, 2.24) is 25.9 Å². The second-order valence-electron chi connectivity index (χ2n) is 2.35. The fourth-order valence-electron chi connectivity index (χ4n) is 1.05. The highest BCUT2D eigenvalue weighted by Gasteiger charge is 2.18. The van der Waals surface area contributed by atoms with Crippen LogP contribution in [0.25, 0.3) is 0 Å². The monoisotopic (exact) mass is 191 g/mol. The zero-order valence-electron chi connectivity index (χ0n) is 6.36. The number of nitrogens with one attached hydrogen (secondary N) is 2. The van der Waals surface area contributed by atoms with Crippen molar-refractivity contribution in [1.29, 1.82) is 0 Å². The van der Waals surface area contributed by atoms with Gasteiger partial charge in [0.05, 0.1) is 19.3 Å². The zero-order chi connectivity index (χ0) is 7.52. The summed E-state index contributed by atoms with van der Waals surface area (Å²) in [6.07, 6.45) is 0. The first-order valence-corrected chi connectivity index (χ1v) is 3.51. The molecule has 1 aromatic rings. The fourth-order valence-corrected chi connectivity index (χ4v) is 1.05. The number of aromatic nitrogens is 4. The second-order valence-corrected chi connectivity index (χ2v) is 2.35. The van der Waals surface area contributed by atoms with E-state index in [9.17, 15) is 0 Å². The van der Waals surface area contributed by atoms with Gasteiger partial charge in [0.15, 0.2) is 5.82 Å². The van der Waals surface area contributed by atoms with E-state index in [1.54, 1.807) is 0 Å². The van der Waals surface area contributed by atoms with Gasteiger partial charge in [0.25, 0.3) is 0 Å². The minimum absolute atomic E-state index is 0. The van der Waals surface area contributed by atoms with Crippen molar-refractivity contribution in [2.75, 3.05) is 19.8 Å². The van der Waals surface area contributed by atoms with Crippen molar-refractivity contribution in [3.8, 4) is 0 Å². The molecule has 0 bridgehead atoms. The van der Waals surface area contributed by atoms with Crippen molar-refractivity contribution in [3.63, 3.8) is 0 Å². The van der Waals surface area contributed by atoms with Gasteiger partial charge in [0.1, 0.15) is 0 Å². The molecule has 1 fully saturated rings. The minimum Gasteiger partial charge on any atom is -0.378 e. The van der Waals surface area contributed by atoms with Crippen LogP contribution in [0.1, 0.15) is 11.9 Å². The Morgan fingerprint density at radius 2 is 2.42 bits per heavy atom. The Balaban J connectivity index is 0.000000720. The molecule has 1 saturated heterocycles. The molecule has 0 saturated carbocycles. The Hall–Kier alpha value is -0.720. The summed E-state index contributed by atoms with van der Waals surface area (Å²) in [4.78, 5) is 0. The molecule has 2 rings (SSSR count). The third kappa shape index (κ3) is 1.90. The van der Waals surface area contributed by atoms with Crippen molar-refractivity contribution >= 4 is 12.4 Å². The number of morpholine rings is 1. The standard InChI is InChI=1S/C5H9N5O.ClH/c1-2-11-3-4(6-1)5-7-9-10-8-5;/h4,6H,1-3H2,(H,7,8,9,10);1H/t4-;/m0./s1. The predicted molar refractivity (Wildman–Crippen MR) is 43.0 cm³/mol. The molecule has 1 aliphatic rings. The Morgan fingerprint density at radius 1 is 1.50 bits per heavy atom. The molecule has 68 valence electrons. The maximum Gasteiger partial charge on any atom is 0.193 e. The van der Waals surface area contributed by atoms with Gasteiger partial charge in [0, 0.05) is 6.54 Å². The topological polar surface area (TPSA) is 75.7 Å². The summed E-state index contributed by atoms with van der Waals surface area (Å²) in [6.45, 7) is 2.23. The van der Waals surface area contributed by atoms with Gasteiger partial charge >= 0.3 is 0 Å². The Bertz CT molecular complexity index is 210. The summed E-state index contributed by atoms with van der Waals surface area (Å²) < 4.78 is 5.22. The van der Waals surface area contributed by atoms with E-state index in [-0.39, 0.29) is 18.4 Å². The summed E-state index contributed by atoms with van der Waals surface area (Å²) in [7, 11) is 0. The number of H-pyrrole nitrogens is 1. The molecular weight excluding hydrogens is 182 g/mol. The van der Waals surface area contributed by atoms with Crippen molar-refractivity contribution in [2.24, 2.45) is 0 Å². The molecule has 1 atom stereocenters. The first kappa shape index (κ1) is 9.37. The average Bonchev–Trinajstić information content (AvgIpc) is 2.58. The number of rotatable bonds is 1. The molecule has 6 nitrogen and oxygen atoms in total. The third-order valence-electron chi connectivity index (χ3n) is 1.60. The van der Waals surface area contributed by atoms with Gasteiger partial charge in [0.2, 0.25) is 0 Å². The lowest BCUT2D eigenvalue weighted by molar-refractivity contribution is 0.0742. The Morgan fingerprint density at radius 3 is 3.00 bits per heavy atom. The number of aromatic amines is 1. The SMILES string of the molecule is C1COC[C@@H](c2nn[nH]n2)N1.Cl. The number of ether oxygens (including phenoxy) is 1. The van der Waals surface area contributed by atoms with Crippen LogP contribution in [0.3, 0.4) is 0 Å². The summed E-state index contributed by atoms with van der Waals surface area (Å²) >= 11 is 0. The van der Waals surface area contributed by atoms with E-state index in [0.717, 1.165) is 13.2 Å². The second kappa shape index (κ2) is 4.34. The van der Waals surface area contributed by atoms with Crippen LogP contribution in [0.2, 0.25) is 0 Å². The van der Waals surface area contributed by atoms with Crippen LogP contribution >= 0.6 is 12.4 Å². The van der Waals surface area contributed by atoms with Crippen LogP contribution < -0.4 is 5.32 Å². The number of hydrogen-bond donors (Lipinski definition) is 2. The van der Waals surface area contributed by atoms with Crippen molar-refractivity contribution < 1.29 is 4.74 Å². The zero-order valence-corrected chi connectivity index (χ0v) is 7.17. The van der Waals surface area contributed by atoms with Crippen molar-refractivity contribution in [3.05, 3.63) is 5.82 Å². The van der Waals surface area contributed by atoms with Gasteiger partial charge in [-0.1, -0.05) is 5.21 Å². The summed E-state index contributed by atoms with van der Waals surface area (Å²) in [5.74, 6) is 0.671. The Labute approximate surface area is 75.5 Å². The highest BCUT2D eigenvalue weighted by atomic mass is 35.5. The summed E-state index contributed by atoms with van der Waals surface area (Å²) in [5.41, 5.74) is 0. The highest BCUT2D eigenvalue weighted by molar-refractivity contribution is 5.85. The number of tetrazole rings is 1. The summed E-state index contributed by atoms with van der Waals surface area (Å²) in [5, 5.41) is 16.8. The molecule has 2 heterocycles. The molecular formula is C5H10ClN5O. The first-order valence-electron chi connectivity index (χ1n) is 3.51. The highest BCUT2D eigenvalue weighted by Crippen LogP contribution is 2.07. The van der Waals surface area contributed by atoms with E-state index in [4.69, 9.17) is 4.74 Å². The van der Waals surface area contributed by atoms with E-state index in [2.05, 4.69) is 25.9 Å². The normalized spacial score (nSPS) is 23.2. The molecule has 0 amide bonds. The lowest BCUT2D eigenvalue weighted by Crippen LogP contribution is -2.35. The maximum atomic E-state index is 5.22. The van der Waals surface area contributed by atoms with Crippen molar-refractivity contribution in [2.45, 2.75) is 6.04 Å². The lowest BCUT2D eigenvalue weighted by atomic mass is 10.3. The van der Waals surface area contributed by atoms with Gasteiger partial charge < -0.3 is 10.1 Å². The molecule has 0 radical (unpaired) electrons. The number of nitrogens with zero attached hydrogens (tertiary/aromatic N) is 3. The van der Waals surface area contributed by atoms with E-state index in [1.165, 1.54) is 0 Å². The summed E-state index contributed by atoms with van der Waals surface area (Å²) in [6, 6.07) is 0.0995. The molecule has 0 aromatic carbocycles. The molecule has 0 spiro atoms. The van der Waals surface area contributed by atoms with Crippen LogP contribution in [0.4, 0.5) is 0 Å². The molecule has 2 N–H and O–H groups in total. The first-order chi connectivity index (χ1) is 5.47. The van der Waals surface area contributed by atoms with Gasteiger partial charge in [-0.25, -0.2) is 0 Å². The quantitative estimate of drug-likeness (QED) is 0.613. The van der Waals surface area contributed by atoms with Gasteiger partial charge in [-0.15, -0.1) is 22.6 Å². The minimum atomic E-state index is 0. The number of hydrogen-bond acceptors (Lipinski definition) is 5. The number of halogens is 1. The molecule has 1 aromatic heterocycles.